The molecule has 0 unspecified atom stereocenters. The number of anilines is 1. The summed E-state index contributed by atoms with van der Waals surface area (Å²) in [6.45, 7) is 5.96. The average molecular weight is 442 g/mol. The molecule has 1 aliphatic rings. The summed E-state index contributed by atoms with van der Waals surface area (Å²) in [5.74, 6) is 0.353. The summed E-state index contributed by atoms with van der Waals surface area (Å²) < 4.78 is 1.87. The summed E-state index contributed by atoms with van der Waals surface area (Å²) in [4.78, 5) is 47.1. The number of carbonyl (C=O) groups excluding carboxylic acids is 1. The Morgan fingerprint density at radius 2 is 2.03 bits per heavy atom. The normalized spacial score (nSPS) is 14.9. The SMILES string of the molecule is CCn1c(=O)[nH]c2cc(CC3CCN(c4ccc(C(=O)NC)nc4C)CC3)sc2c1=O. The number of aromatic amines is 1. The van der Waals surface area contributed by atoms with Crippen molar-refractivity contribution >= 4 is 33.1 Å². The van der Waals surface area contributed by atoms with Gasteiger partial charge in [0.05, 0.1) is 16.9 Å². The van der Waals surface area contributed by atoms with Gasteiger partial charge in [0.25, 0.3) is 11.5 Å². The van der Waals surface area contributed by atoms with Crippen molar-refractivity contribution in [3.05, 3.63) is 55.3 Å². The van der Waals surface area contributed by atoms with Crippen molar-refractivity contribution < 1.29 is 4.79 Å². The highest BCUT2D eigenvalue weighted by Gasteiger charge is 2.23. The number of hydrogen-bond donors (Lipinski definition) is 2. The van der Waals surface area contributed by atoms with Gasteiger partial charge in [-0.05, 0) is 57.2 Å². The van der Waals surface area contributed by atoms with Crippen molar-refractivity contribution in [3.8, 4) is 0 Å². The van der Waals surface area contributed by atoms with E-state index in [1.165, 1.54) is 15.9 Å². The van der Waals surface area contributed by atoms with Gasteiger partial charge in [-0.15, -0.1) is 11.3 Å². The smallest absolute Gasteiger partial charge is 0.328 e. The predicted octanol–water partition coefficient (Wildman–Crippen LogP) is 2.29. The van der Waals surface area contributed by atoms with Crippen molar-refractivity contribution in [3.63, 3.8) is 0 Å². The largest absolute Gasteiger partial charge is 0.370 e. The summed E-state index contributed by atoms with van der Waals surface area (Å²) in [5.41, 5.74) is 2.48. The Kier molecular flexibility index (Phi) is 5.95. The third-order valence-electron chi connectivity index (χ3n) is 5.99. The van der Waals surface area contributed by atoms with E-state index < -0.39 is 0 Å². The first-order valence-corrected chi connectivity index (χ1v) is 11.4. The molecule has 4 heterocycles. The van der Waals surface area contributed by atoms with Crippen molar-refractivity contribution in [2.45, 2.75) is 39.7 Å². The zero-order valence-corrected chi connectivity index (χ0v) is 18.8. The van der Waals surface area contributed by atoms with Crippen LogP contribution >= 0.6 is 11.3 Å². The van der Waals surface area contributed by atoms with Gasteiger partial charge >= 0.3 is 5.69 Å². The fourth-order valence-corrected chi connectivity index (χ4v) is 5.46. The van der Waals surface area contributed by atoms with Crippen LogP contribution in [0, 0.1) is 12.8 Å². The highest BCUT2D eigenvalue weighted by atomic mass is 32.1. The lowest BCUT2D eigenvalue weighted by molar-refractivity contribution is 0.0958. The van der Waals surface area contributed by atoms with Gasteiger partial charge in [-0.1, -0.05) is 0 Å². The minimum atomic E-state index is -0.343. The van der Waals surface area contributed by atoms with E-state index in [9.17, 15) is 14.4 Å². The van der Waals surface area contributed by atoms with Crippen LogP contribution in [0.1, 0.15) is 40.8 Å². The summed E-state index contributed by atoms with van der Waals surface area (Å²) in [5, 5.41) is 2.60. The number of H-pyrrole nitrogens is 1. The van der Waals surface area contributed by atoms with Crippen LogP contribution in [0.15, 0.2) is 27.8 Å². The standard InChI is InChI=1S/C22H27N5O3S/c1-4-27-21(29)19-17(25-22(27)30)12-15(31-19)11-14-7-9-26(10-8-14)18-6-5-16(20(28)23-3)24-13(18)2/h5-6,12,14H,4,7-11H2,1-3H3,(H,23,28)(H,25,30). The second-order valence-electron chi connectivity index (χ2n) is 7.95. The Morgan fingerprint density at radius 3 is 2.68 bits per heavy atom. The van der Waals surface area contributed by atoms with Crippen LogP contribution in [0.25, 0.3) is 10.2 Å². The van der Waals surface area contributed by atoms with Crippen molar-refractivity contribution in [1.82, 2.24) is 19.9 Å². The maximum absolute atomic E-state index is 12.5. The van der Waals surface area contributed by atoms with E-state index in [-0.39, 0.29) is 17.2 Å². The molecule has 9 heteroatoms. The number of aromatic nitrogens is 3. The molecule has 2 N–H and O–H groups in total. The van der Waals surface area contributed by atoms with Crippen LogP contribution in [0.3, 0.4) is 0 Å². The molecule has 4 rings (SSSR count). The van der Waals surface area contributed by atoms with Crippen molar-refractivity contribution in [2.75, 3.05) is 25.0 Å². The number of nitrogens with zero attached hydrogens (tertiary/aromatic N) is 3. The van der Waals surface area contributed by atoms with E-state index in [1.807, 2.05) is 19.1 Å². The minimum Gasteiger partial charge on any atom is -0.370 e. The fraction of sp³-hybridized carbons (Fsp3) is 0.455. The van der Waals surface area contributed by atoms with Gasteiger partial charge in [0.1, 0.15) is 10.4 Å². The second-order valence-corrected chi connectivity index (χ2v) is 9.09. The maximum Gasteiger partial charge on any atom is 0.328 e. The number of pyridine rings is 1. The first kappa shape index (κ1) is 21.3. The number of piperidine rings is 1. The number of fused-ring (bicyclic) bond motifs is 1. The molecular weight excluding hydrogens is 414 g/mol. The van der Waals surface area contributed by atoms with Crippen LogP contribution in [-0.4, -0.2) is 40.6 Å². The Labute approximate surface area is 183 Å². The molecule has 0 spiro atoms. The van der Waals surface area contributed by atoms with Crippen LogP contribution in [0.5, 0.6) is 0 Å². The Hall–Kier alpha value is -2.94. The number of hydrogen-bond acceptors (Lipinski definition) is 6. The van der Waals surface area contributed by atoms with Gasteiger partial charge in [-0.2, -0.15) is 0 Å². The third-order valence-corrected chi connectivity index (χ3v) is 7.13. The van der Waals surface area contributed by atoms with E-state index >= 15 is 0 Å². The molecule has 0 bridgehead atoms. The van der Waals surface area contributed by atoms with Crippen molar-refractivity contribution in [1.29, 1.82) is 0 Å². The molecule has 1 aliphatic heterocycles. The topological polar surface area (TPSA) is 100 Å². The molecule has 0 aliphatic carbocycles. The zero-order valence-electron chi connectivity index (χ0n) is 18.0. The van der Waals surface area contributed by atoms with E-state index in [0.29, 0.717) is 28.4 Å². The Bertz CT molecular complexity index is 1230. The van der Waals surface area contributed by atoms with E-state index in [1.54, 1.807) is 20.0 Å². The third kappa shape index (κ3) is 4.14. The molecule has 1 fully saturated rings. The lowest BCUT2D eigenvalue weighted by Gasteiger charge is -2.34. The van der Waals surface area contributed by atoms with Gasteiger partial charge in [0, 0.05) is 31.6 Å². The quantitative estimate of drug-likeness (QED) is 0.633. The maximum atomic E-state index is 12.5. The number of aryl methyl sites for hydroxylation is 1. The predicted molar refractivity (Wildman–Crippen MR) is 123 cm³/mol. The van der Waals surface area contributed by atoms with E-state index in [0.717, 1.165) is 48.6 Å². The molecule has 0 aromatic carbocycles. The molecule has 0 atom stereocenters. The summed E-state index contributed by atoms with van der Waals surface area (Å²) in [6.07, 6.45) is 2.99. The summed E-state index contributed by atoms with van der Waals surface area (Å²) in [7, 11) is 1.60. The summed E-state index contributed by atoms with van der Waals surface area (Å²) >= 11 is 1.50. The Balaban J connectivity index is 1.44. The number of thiophene rings is 1. The first-order valence-electron chi connectivity index (χ1n) is 10.6. The molecule has 3 aromatic rings. The van der Waals surface area contributed by atoms with Gasteiger partial charge in [-0.3, -0.25) is 14.2 Å². The van der Waals surface area contributed by atoms with Crippen LogP contribution in [0.4, 0.5) is 5.69 Å². The molecule has 0 radical (unpaired) electrons. The van der Waals surface area contributed by atoms with E-state index in [4.69, 9.17) is 0 Å². The molecule has 164 valence electrons. The minimum absolute atomic E-state index is 0.177. The highest BCUT2D eigenvalue weighted by molar-refractivity contribution is 7.18. The van der Waals surface area contributed by atoms with Crippen LogP contribution < -0.4 is 21.5 Å². The highest BCUT2D eigenvalue weighted by Crippen LogP contribution is 2.30. The molecule has 1 saturated heterocycles. The molecule has 8 nitrogen and oxygen atoms in total. The lowest BCUT2D eigenvalue weighted by atomic mass is 9.92. The first-order chi connectivity index (χ1) is 14.9. The van der Waals surface area contributed by atoms with Crippen molar-refractivity contribution in [2.24, 2.45) is 5.92 Å². The second kappa shape index (κ2) is 8.66. The van der Waals surface area contributed by atoms with Gasteiger partial charge in [0.15, 0.2) is 0 Å². The monoisotopic (exact) mass is 441 g/mol. The molecule has 31 heavy (non-hydrogen) atoms. The Morgan fingerprint density at radius 1 is 1.29 bits per heavy atom. The zero-order chi connectivity index (χ0) is 22.1. The van der Waals surface area contributed by atoms with Gasteiger partial charge in [0.2, 0.25) is 0 Å². The average Bonchev–Trinajstić information content (AvgIpc) is 3.16. The molecule has 1 amide bonds. The number of nitrogens with one attached hydrogen (secondary N) is 2. The van der Waals surface area contributed by atoms with Crippen LogP contribution in [0.2, 0.25) is 0 Å². The lowest BCUT2D eigenvalue weighted by Crippen LogP contribution is -2.35. The number of carbonyl (C=O) groups is 1. The molecule has 0 saturated carbocycles. The number of rotatable bonds is 5. The van der Waals surface area contributed by atoms with Crippen LogP contribution in [-0.2, 0) is 13.0 Å². The van der Waals surface area contributed by atoms with Gasteiger partial charge < -0.3 is 15.2 Å². The number of amides is 1. The van der Waals surface area contributed by atoms with Gasteiger partial charge in [-0.25, -0.2) is 9.78 Å². The fourth-order valence-electron chi connectivity index (χ4n) is 4.28. The molecule has 3 aromatic heterocycles. The molecular formula is C22H27N5O3S. The van der Waals surface area contributed by atoms with E-state index in [2.05, 4.69) is 20.2 Å². The summed E-state index contributed by atoms with van der Waals surface area (Å²) in [6, 6.07) is 5.71.